The van der Waals surface area contributed by atoms with Gasteiger partial charge >= 0.3 is 6.01 Å². The van der Waals surface area contributed by atoms with Gasteiger partial charge in [-0.05, 0) is 55.9 Å². The maximum atomic E-state index is 17.3. The average Bonchev–Trinajstić information content (AvgIpc) is 3.77. The Kier molecular flexibility index (Phi) is 6.55. The van der Waals surface area contributed by atoms with E-state index >= 15 is 8.78 Å². The molecule has 9 rings (SSSR count). The van der Waals surface area contributed by atoms with Crippen LogP contribution in [-0.2, 0) is 0 Å². The average molecular weight is 678 g/mol. The summed E-state index contributed by atoms with van der Waals surface area (Å²) in [4.78, 5) is 14.0. The second-order valence-corrected chi connectivity index (χ2v) is 15.1. The standard InChI is InChI=1S/C34H31ClF3N7OS/c1-15-9-22-21-6-3-17(41-21)13-45(22)32-26-23(15)27(35)25(18-4-5-20(37)30-24(18)19(11-39)31(40)47-30)28(38)29(26)42-33(43-32)46-14-34-7-2-8-44(34)12-16(36)10-34/h4-5,16-17,21-22,41H,1-3,6-10,12-14,40H2/t16-,17-,21+,22+,34+/m1/s1. The first-order valence-electron chi connectivity index (χ1n) is 16.0. The maximum absolute atomic E-state index is 17.3. The molecule has 242 valence electrons. The Balaban J connectivity index is 1.29. The molecule has 0 amide bonds. The lowest BCUT2D eigenvalue weighted by Crippen LogP contribution is -2.58. The van der Waals surface area contributed by atoms with Crippen LogP contribution in [-0.4, -0.2) is 70.9 Å². The summed E-state index contributed by atoms with van der Waals surface area (Å²) in [6.07, 6.45) is 3.79. The summed E-state index contributed by atoms with van der Waals surface area (Å²) in [5.41, 5.74) is 7.22. The number of nitrogens with one attached hydrogen (secondary N) is 1. The second-order valence-electron chi connectivity index (χ2n) is 13.6. The zero-order valence-corrected chi connectivity index (χ0v) is 27.0. The van der Waals surface area contributed by atoms with Gasteiger partial charge in [0.1, 0.15) is 41.0 Å². The normalized spacial score (nSPS) is 28.1. The molecule has 13 heteroatoms. The van der Waals surface area contributed by atoms with E-state index in [0.717, 1.165) is 43.6 Å². The number of rotatable bonds is 4. The molecule has 2 bridgehead atoms. The molecule has 4 saturated heterocycles. The number of anilines is 2. The number of halogens is 4. The summed E-state index contributed by atoms with van der Waals surface area (Å²) in [5.74, 6) is -0.769. The monoisotopic (exact) mass is 677 g/mol. The van der Waals surface area contributed by atoms with E-state index in [1.807, 2.05) is 0 Å². The van der Waals surface area contributed by atoms with Crippen LogP contribution in [0.4, 0.5) is 24.0 Å². The van der Waals surface area contributed by atoms with Crippen molar-refractivity contribution in [1.82, 2.24) is 20.2 Å². The molecule has 0 saturated carbocycles. The first kappa shape index (κ1) is 29.5. The van der Waals surface area contributed by atoms with Crippen LogP contribution in [0, 0.1) is 23.0 Å². The van der Waals surface area contributed by atoms with Crippen molar-refractivity contribution in [2.24, 2.45) is 0 Å². The summed E-state index contributed by atoms with van der Waals surface area (Å²) in [5, 5.41) is 14.6. The number of alkyl halides is 1. The van der Waals surface area contributed by atoms with Crippen molar-refractivity contribution in [3.05, 3.63) is 46.5 Å². The summed E-state index contributed by atoms with van der Waals surface area (Å²) >= 11 is 8.15. The molecule has 7 heterocycles. The van der Waals surface area contributed by atoms with E-state index in [0.29, 0.717) is 48.3 Å². The predicted molar refractivity (Wildman–Crippen MR) is 178 cm³/mol. The highest BCUT2D eigenvalue weighted by Crippen LogP contribution is 2.52. The number of thiophene rings is 1. The van der Waals surface area contributed by atoms with E-state index in [4.69, 9.17) is 27.1 Å². The van der Waals surface area contributed by atoms with E-state index in [9.17, 15) is 9.65 Å². The second kappa shape index (κ2) is 10.4. The van der Waals surface area contributed by atoms with Crippen LogP contribution in [0.25, 0.3) is 37.7 Å². The molecule has 3 N–H and O–H groups in total. The molecule has 4 fully saturated rings. The minimum absolute atomic E-state index is 0.00170. The summed E-state index contributed by atoms with van der Waals surface area (Å²) in [7, 11) is 0. The number of aromatic nitrogens is 2. The predicted octanol–water partition coefficient (Wildman–Crippen LogP) is 6.58. The van der Waals surface area contributed by atoms with Crippen LogP contribution in [0.15, 0.2) is 18.7 Å². The molecular weight excluding hydrogens is 647 g/mol. The number of piperazine rings is 1. The number of nitrogens with zero attached hydrogens (tertiary/aromatic N) is 5. The number of nitrogens with two attached hydrogens (primary N) is 1. The van der Waals surface area contributed by atoms with Crippen molar-refractivity contribution in [1.29, 1.82) is 5.26 Å². The highest BCUT2D eigenvalue weighted by atomic mass is 35.5. The van der Waals surface area contributed by atoms with Crippen LogP contribution in [0.5, 0.6) is 6.01 Å². The first-order valence-corrected chi connectivity index (χ1v) is 17.2. The van der Waals surface area contributed by atoms with Gasteiger partial charge in [0.15, 0.2) is 5.82 Å². The van der Waals surface area contributed by atoms with Crippen LogP contribution >= 0.6 is 22.9 Å². The van der Waals surface area contributed by atoms with Gasteiger partial charge in [-0.25, -0.2) is 13.2 Å². The first-order chi connectivity index (χ1) is 22.7. The molecule has 0 unspecified atom stereocenters. The third-order valence-corrected chi connectivity index (χ3v) is 12.5. The van der Waals surface area contributed by atoms with Gasteiger partial charge in [0, 0.05) is 54.1 Å². The fourth-order valence-corrected chi connectivity index (χ4v) is 10.4. The molecule has 0 radical (unpaired) electrons. The van der Waals surface area contributed by atoms with E-state index in [1.54, 1.807) is 0 Å². The molecule has 5 aliphatic rings. The van der Waals surface area contributed by atoms with E-state index in [1.165, 1.54) is 12.1 Å². The molecule has 2 aromatic heterocycles. The Morgan fingerprint density at radius 1 is 1.21 bits per heavy atom. The number of benzene rings is 2. The van der Waals surface area contributed by atoms with Crippen molar-refractivity contribution < 1.29 is 17.9 Å². The third kappa shape index (κ3) is 4.19. The zero-order chi connectivity index (χ0) is 32.4. The van der Waals surface area contributed by atoms with Gasteiger partial charge in [-0.1, -0.05) is 24.2 Å². The molecule has 5 atom stereocenters. The van der Waals surface area contributed by atoms with Gasteiger partial charge in [-0.3, -0.25) is 4.90 Å². The van der Waals surface area contributed by atoms with Crippen LogP contribution < -0.4 is 20.7 Å². The van der Waals surface area contributed by atoms with Crippen molar-refractivity contribution in [3.8, 4) is 23.2 Å². The number of hydrogen-bond acceptors (Lipinski definition) is 9. The van der Waals surface area contributed by atoms with Crippen molar-refractivity contribution in [2.75, 3.05) is 36.9 Å². The van der Waals surface area contributed by atoms with Crippen LogP contribution in [0.1, 0.15) is 49.7 Å². The fourth-order valence-electron chi connectivity index (χ4n) is 9.00. The summed E-state index contributed by atoms with van der Waals surface area (Å²) in [6, 6.07) is 5.17. The fraction of sp³-hybridized carbons (Fsp3) is 0.441. The lowest BCUT2D eigenvalue weighted by molar-refractivity contribution is 0.107. The van der Waals surface area contributed by atoms with E-state index in [-0.39, 0.29) is 73.1 Å². The van der Waals surface area contributed by atoms with Crippen molar-refractivity contribution in [3.63, 3.8) is 0 Å². The van der Waals surface area contributed by atoms with Gasteiger partial charge < -0.3 is 20.7 Å². The highest BCUT2D eigenvalue weighted by molar-refractivity contribution is 7.23. The Morgan fingerprint density at radius 2 is 2.06 bits per heavy atom. The van der Waals surface area contributed by atoms with Crippen molar-refractivity contribution >= 4 is 60.3 Å². The molecular formula is C34H31ClF3N7OS. The number of nitrogen functional groups attached to an aromatic ring is 1. The van der Waals surface area contributed by atoms with Gasteiger partial charge in [0.05, 0.1) is 26.2 Å². The number of fused-ring (bicyclic) bond motifs is 7. The highest BCUT2D eigenvalue weighted by Gasteiger charge is 2.50. The zero-order valence-electron chi connectivity index (χ0n) is 25.4. The van der Waals surface area contributed by atoms with E-state index < -0.39 is 23.3 Å². The van der Waals surface area contributed by atoms with E-state index in [2.05, 4.69) is 32.7 Å². The minimum atomic E-state index is -0.925. The van der Waals surface area contributed by atoms with Gasteiger partial charge in [-0.2, -0.15) is 15.2 Å². The SMILES string of the molecule is C=C1C[C@H]2[C@@H]3CC[C@H](CN2c2nc(OC[C@@]45CCCN4C[C@H](F)C5)nc4c(F)c(-c5ccc(F)c6sc(N)c(C#N)c56)c(Cl)c1c24)N3. The lowest BCUT2D eigenvalue weighted by Gasteiger charge is -2.41. The lowest BCUT2D eigenvalue weighted by atomic mass is 9.90. The van der Waals surface area contributed by atoms with Gasteiger partial charge in [-0.15, -0.1) is 11.3 Å². The maximum Gasteiger partial charge on any atom is 0.319 e. The van der Waals surface area contributed by atoms with Gasteiger partial charge in [0.25, 0.3) is 0 Å². The number of ether oxygens (including phenoxy) is 1. The Labute approximate surface area is 277 Å². The molecule has 0 spiro atoms. The Hall–Kier alpha value is -3.63. The topological polar surface area (TPSA) is 103 Å². The van der Waals surface area contributed by atoms with Crippen LogP contribution in [0.2, 0.25) is 5.02 Å². The minimum Gasteiger partial charge on any atom is -0.461 e. The molecule has 2 aromatic carbocycles. The number of hydrogen-bond donors (Lipinski definition) is 2. The van der Waals surface area contributed by atoms with Crippen LogP contribution in [0.3, 0.4) is 0 Å². The summed E-state index contributed by atoms with van der Waals surface area (Å²) < 4.78 is 53.4. The summed E-state index contributed by atoms with van der Waals surface area (Å²) in [6.45, 7) is 6.49. The molecule has 8 nitrogen and oxygen atoms in total. The molecule has 4 aromatic rings. The molecule has 47 heavy (non-hydrogen) atoms. The third-order valence-electron chi connectivity index (χ3n) is 11.1. The smallest absolute Gasteiger partial charge is 0.319 e. The molecule has 5 aliphatic heterocycles. The molecule has 0 aliphatic carbocycles. The largest absolute Gasteiger partial charge is 0.461 e. The van der Waals surface area contributed by atoms with Gasteiger partial charge in [0.2, 0.25) is 0 Å². The Bertz CT molecular complexity index is 2080. The number of nitriles is 1. The quantitative estimate of drug-likeness (QED) is 0.250. The Morgan fingerprint density at radius 3 is 2.89 bits per heavy atom. The van der Waals surface area contributed by atoms with Crippen molar-refractivity contribution in [2.45, 2.75) is 68.4 Å².